The summed E-state index contributed by atoms with van der Waals surface area (Å²) >= 11 is 0. The highest BCUT2D eigenvalue weighted by atomic mass is 35.7. The van der Waals surface area contributed by atoms with Crippen molar-refractivity contribution in [1.29, 1.82) is 0 Å². The first-order valence-corrected chi connectivity index (χ1v) is 7.10. The second-order valence-corrected chi connectivity index (χ2v) is 6.18. The molecule has 0 N–H and O–H groups in total. The molecule has 0 saturated heterocycles. The molecule has 6 nitrogen and oxygen atoms in total. The van der Waals surface area contributed by atoms with Gasteiger partial charge < -0.3 is 0 Å². The molecular formula is C10H7ClN2O4S. The van der Waals surface area contributed by atoms with Gasteiger partial charge in [-0.05, 0) is 19.1 Å². The van der Waals surface area contributed by atoms with E-state index in [9.17, 15) is 18.5 Å². The van der Waals surface area contributed by atoms with Gasteiger partial charge in [0.2, 0.25) is 0 Å². The van der Waals surface area contributed by atoms with Crippen molar-refractivity contribution >= 4 is 36.2 Å². The first kappa shape index (κ1) is 12.7. The monoisotopic (exact) mass is 286 g/mol. The number of rotatable bonds is 2. The number of aryl methyl sites for hydroxylation is 1. The van der Waals surface area contributed by atoms with Gasteiger partial charge in [0, 0.05) is 34.0 Å². The van der Waals surface area contributed by atoms with Gasteiger partial charge in [-0.3, -0.25) is 15.1 Å². The number of pyridine rings is 1. The van der Waals surface area contributed by atoms with Crippen LogP contribution in [0.1, 0.15) is 5.69 Å². The lowest BCUT2D eigenvalue weighted by atomic mass is 10.1. The van der Waals surface area contributed by atoms with E-state index < -0.39 is 14.0 Å². The Balaban J connectivity index is 2.98. The van der Waals surface area contributed by atoms with Gasteiger partial charge >= 0.3 is 0 Å². The Kier molecular flexibility index (Phi) is 2.95. The zero-order chi connectivity index (χ0) is 13.5. The SMILES string of the molecule is Cc1cc2c(S(=O)(=O)Cl)ccc([N+](=O)[O-])c2cn1. The van der Waals surface area contributed by atoms with E-state index in [2.05, 4.69) is 4.98 Å². The molecule has 0 saturated carbocycles. The average molecular weight is 287 g/mol. The van der Waals surface area contributed by atoms with Crippen LogP contribution < -0.4 is 0 Å². The van der Waals surface area contributed by atoms with E-state index in [0.717, 1.165) is 12.1 Å². The Morgan fingerprint density at radius 3 is 2.56 bits per heavy atom. The Bertz CT molecular complexity index is 758. The average Bonchev–Trinajstić information content (AvgIpc) is 2.25. The summed E-state index contributed by atoms with van der Waals surface area (Å²) in [5.74, 6) is 0. The van der Waals surface area contributed by atoms with Crippen LogP contribution in [0.4, 0.5) is 5.69 Å². The second-order valence-electron chi connectivity index (χ2n) is 3.65. The molecule has 0 aliphatic heterocycles. The van der Waals surface area contributed by atoms with Gasteiger partial charge in [-0.1, -0.05) is 0 Å². The highest BCUT2D eigenvalue weighted by molar-refractivity contribution is 8.14. The minimum absolute atomic E-state index is 0.146. The van der Waals surface area contributed by atoms with Crippen LogP contribution in [0.5, 0.6) is 0 Å². The number of nitro groups is 1. The summed E-state index contributed by atoms with van der Waals surface area (Å²) in [5.41, 5.74) is 0.339. The predicted octanol–water partition coefficient (Wildman–Crippen LogP) is 2.38. The summed E-state index contributed by atoms with van der Waals surface area (Å²) in [6, 6.07) is 3.69. The standard InChI is InChI=1S/C10H7ClN2O4S/c1-6-4-7-8(5-12-6)9(13(14)15)2-3-10(7)18(11,16)17/h2-5H,1H3. The molecule has 0 radical (unpaired) electrons. The number of non-ortho nitro benzene ring substituents is 1. The quantitative estimate of drug-likeness (QED) is 0.480. The topological polar surface area (TPSA) is 90.2 Å². The van der Waals surface area contributed by atoms with Gasteiger partial charge in [-0.15, -0.1) is 0 Å². The molecular weight excluding hydrogens is 280 g/mol. The molecule has 1 heterocycles. The summed E-state index contributed by atoms with van der Waals surface area (Å²) in [6.07, 6.45) is 1.27. The van der Waals surface area contributed by atoms with Crippen LogP contribution in [-0.2, 0) is 9.05 Å². The third kappa shape index (κ3) is 2.14. The van der Waals surface area contributed by atoms with Gasteiger partial charge in [0.15, 0.2) is 0 Å². The molecule has 18 heavy (non-hydrogen) atoms. The van der Waals surface area contributed by atoms with E-state index in [1.54, 1.807) is 6.92 Å². The fourth-order valence-corrected chi connectivity index (χ4v) is 2.74. The van der Waals surface area contributed by atoms with Crippen LogP contribution in [0.2, 0.25) is 0 Å². The van der Waals surface area contributed by atoms with Crippen molar-refractivity contribution in [3.05, 3.63) is 40.2 Å². The predicted molar refractivity (Wildman–Crippen MR) is 66.2 cm³/mol. The van der Waals surface area contributed by atoms with Gasteiger partial charge in [0.05, 0.1) is 15.2 Å². The first-order chi connectivity index (χ1) is 8.30. The van der Waals surface area contributed by atoms with Crippen molar-refractivity contribution in [2.24, 2.45) is 0 Å². The van der Waals surface area contributed by atoms with E-state index in [0.29, 0.717) is 5.69 Å². The van der Waals surface area contributed by atoms with Gasteiger partial charge in [0.1, 0.15) is 0 Å². The van der Waals surface area contributed by atoms with Crippen LogP contribution in [0.25, 0.3) is 10.8 Å². The number of hydrogen-bond acceptors (Lipinski definition) is 5. The minimum Gasteiger partial charge on any atom is -0.261 e. The second kappa shape index (κ2) is 4.18. The Morgan fingerprint density at radius 2 is 2.00 bits per heavy atom. The third-order valence-corrected chi connectivity index (χ3v) is 3.81. The number of nitro benzene ring substituents is 1. The van der Waals surface area contributed by atoms with E-state index in [1.165, 1.54) is 12.3 Å². The number of benzene rings is 1. The molecule has 1 aromatic carbocycles. The molecule has 0 fully saturated rings. The normalized spacial score (nSPS) is 11.7. The molecule has 94 valence electrons. The lowest BCUT2D eigenvalue weighted by Gasteiger charge is -2.04. The van der Waals surface area contributed by atoms with E-state index in [-0.39, 0.29) is 21.4 Å². The van der Waals surface area contributed by atoms with E-state index >= 15 is 0 Å². The Hall–Kier alpha value is -1.73. The van der Waals surface area contributed by atoms with Crippen molar-refractivity contribution in [1.82, 2.24) is 4.98 Å². The number of hydrogen-bond donors (Lipinski definition) is 0. The first-order valence-electron chi connectivity index (χ1n) is 4.79. The number of nitrogens with zero attached hydrogens (tertiary/aromatic N) is 2. The molecule has 2 aromatic rings. The molecule has 2 rings (SSSR count). The lowest BCUT2D eigenvalue weighted by Crippen LogP contribution is -1.97. The molecule has 0 unspecified atom stereocenters. The summed E-state index contributed by atoms with van der Waals surface area (Å²) < 4.78 is 22.8. The van der Waals surface area contributed by atoms with Crippen LogP contribution >= 0.6 is 10.7 Å². The summed E-state index contributed by atoms with van der Waals surface area (Å²) in [4.78, 5) is 14.0. The molecule has 1 aromatic heterocycles. The lowest BCUT2D eigenvalue weighted by molar-refractivity contribution is -0.383. The summed E-state index contributed by atoms with van der Waals surface area (Å²) in [6.45, 7) is 1.66. The number of fused-ring (bicyclic) bond motifs is 1. The van der Waals surface area contributed by atoms with Gasteiger partial charge in [-0.2, -0.15) is 0 Å². The highest BCUT2D eigenvalue weighted by Gasteiger charge is 2.20. The van der Waals surface area contributed by atoms with Gasteiger partial charge in [0.25, 0.3) is 14.7 Å². The van der Waals surface area contributed by atoms with Crippen LogP contribution in [0.3, 0.4) is 0 Å². The van der Waals surface area contributed by atoms with Crippen LogP contribution in [-0.4, -0.2) is 18.3 Å². The van der Waals surface area contributed by atoms with E-state index in [1.807, 2.05) is 0 Å². The van der Waals surface area contributed by atoms with Crippen LogP contribution in [0.15, 0.2) is 29.3 Å². The molecule has 0 amide bonds. The molecule has 0 spiro atoms. The Morgan fingerprint density at radius 1 is 1.33 bits per heavy atom. The largest absolute Gasteiger partial charge is 0.278 e. The fraction of sp³-hybridized carbons (Fsp3) is 0.100. The zero-order valence-corrected chi connectivity index (χ0v) is 10.7. The van der Waals surface area contributed by atoms with Crippen molar-refractivity contribution in [3.63, 3.8) is 0 Å². The summed E-state index contributed by atoms with van der Waals surface area (Å²) in [5, 5.41) is 11.2. The van der Waals surface area contributed by atoms with Crippen molar-refractivity contribution < 1.29 is 13.3 Å². The molecule has 0 atom stereocenters. The smallest absolute Gasteiger partial charge is 0.261 e. The Labute approximate surface area is 107 Å². The minimum atomic E-state index is -3.97. The van der Waals surface area contributed by atoms with E-state index in [4.69, 9.17) is 10.7 Å². The maximum Gasteiger partial charge on any atom is 0.278 e. The number of aromatic nitrogens is 1. The van der Waals surface area contributed by atoms with Crippen molar-refractivity contribution in [3.8, 4) is 0 Å². The third-order valence-electron chi connectivity index (χ3n) is 2.43. The molecule has 0 aliphatic rings. The highest BCUT2D eigenvalue weighted by Crippen LogP contribution is 2.32. The van der Waals surface area contributed by atoms with Crippen molar-refractivity contribution in [2.75, 3.05) is 0 Å². The molecule has 0 bridgehead atoms. The maximum atomic E-state index is 11.4. The fourth-order valence-electron chi connectivity index (χ4n) is 1.67. The van der Waals surface area contributed by atoms with Gasteiger partial charge in [-0.25, -0.2) is 8.42 Å². The van der Waals surface area contributed by atoms with Crippen LogP contribution in [0, 0.1) is 17.0 Å². The molecule has 0 aliphatic carbocycles. The summed E-state index contributed by atoms with van der Waals surface area (Å²) in [7, 11) is 1.34. The molecule has 8 heteroatoms. The number of halogens is 1. The maximum absolute atomic E-state index is 11.4. The van der Waals surface area contributed by atoms with Crippen molar-refractivity contribution in [2.45, 2.75) is 11.8 Å². The zero-order valence-electron chi connectivity index (χ0n) is 9.12.